The Morgan fingerprint density at radius 3 is 2.32 bits per heavy atom. The second-order valence-electron chi connectivity index (χ2n) is 7.66. The predicted molar refractivity (Wildman–Crippen MR) is 106 cm³/mol. The predicted octanol–water partition coefficient (Wildman–Crippen LogP) is 4.00. The van der Waals surface area contributed by atoms with Crippen molar-refractivity contribution in [1.29, 1.82) is 0 Å². The van der Waals surface area contributed by atoms with E-state index in [-0.39, 0.29) is 17.7 Å². The van der Waals surface area contributed by atoms with Crippen LogP contribution in [0.25, 0.3) is 0 Å². The Hall–Kier alpha value is -2.82. The number of hydrogen-bond donors (Lipinski definition) is 1. The standard InChI is InChI=1S/C23H25NO4/c1-15-6-9-17(10-7-15)24-23(26)19-5-3-2-4-18(19)22(25)16-8-11-20-21(14-16)28-13-12-27-20/h2-5,8,11,14-15,17H,6-7,9-10,12-13H2,1H3,(H,24,26). The zero-order valence-electron chi connectivity index (χ0n) is 16.1. The molecule has 0 aromatic heterocycles. The van der Waals surface area contributed by atoms with Crippen LogP contribution >= 0.6 is 0 Å². The second kappa shape index (κ2) is 8.05. The Balaban J connectivity index is 1.55. The van der Waals surface area contributed by atoms with Gasteiger partial charge < -0.3 is 14.8 Å². The summed E-state index contributed by atoms with van der Waals surface area (Å²) in [5.41, 5.74) is 1.30. The summed E-state index contributed by atoms with van der Waals surface area (Å²) in [6.45, 7) is 3.21. The summed E-state index contributed by atoms with van der Waals surface area (Å²) in [6.07, 6.45) is 4.24. The lowest BCUT2D eigenvalue weighted by molar-refractivity contribution is 0.0914. The third-order valence-electron chi connectivity index (χ3n) is 5.57. The van der Waals surface area contributed by atoms with Gasteiger partial charge in [-0.05, 0) is 55.9 Å². The number of fused-ring (bicyclic) bond motifs is 1. The highest BCUT2D eigenvalue weighted by Crippen LogP contribution is 2.32. The van der Waals surface area contributed by atoms with Crippen LogP contribution < -0.4 is 14.8 Å². The molecular formula is C23H25NO4. The van der Waals surface area contributed by atoms with Crippen LogP contribution in [-0.4, -0.2) is 30.9 Å². The molecule has 1 saturated carbocycles. The first-order valence-corrected chi connectivity index (χ1v) is 9.96. The average molecular weight is 379 g/mol. The van der Waals surface area contributed by atoms with Crippen molar-refractivity contribution in [3.63, 3.8) is 0 Å². The third-order valence-corrected chi connectivity index (χ3v) is 5.57. The number of carbonyl (C=O) groups is 2. The number of benzene rings is 2. The summed E-state index contributed by atoms with van der Waals surface area (Å²) < 4.78 is 11.1. The number of nitrogens with one attached hydrogen (secondary N) is 1. The first-order chi connectivity index (χ1) is 13.6. The summed E-state index contributed by atoms with van der Waals surface area (Å²) in [4.78, 5) is 26.0. The minimum Gasteiger partial charge on any atom is -0.486 e. The largest absolute Gasteiger partial charge is 0.486 e. The number of amides is 1. The maximum Gasteiger partial charge on any atom is 0.252 e. The van der Waals surface area contributed by atoms with Gasteiger partial charge in [0.05, 0.1) is 5.56 Å². The summed E-state index contributed by atoms with van der Waals surface area (Å²) in [5.74, 6) is 1.55. The van der Waals surface area contributed by atoms with Crippen LogP contribution in [0.3, 0.4) is 0 Å². The number of ether oxygens (including phenoxy) is 2. The fourth-order valence-electron chi connectivity index (χ4n) is 3.89. The first kappa shape index (κ1) is 18.5. The third kappa shape index (κ3) is 3.88. The molecule has 28 heavy (non-hydrogen) atoms. The molecular weight excluding hydrogens is 354 g/mol. The molecule has 0 bridgehead atoms. The number of carbonyl (C=O) groups excluding carboxylic acids is 2. The van der Waals surface area contributed by atoms with Crippen molar-refractivity contribution in [3.8, 4) is 11.5 Å². The van der Waals surface area contributed by atoms with E-state index in [1.165, 1.54) is 0 Å². The molecule has 4 rings (SSSR count). The Morgan fingerprint density at radius 2 is 1.57 bits per heavy atom. The lowest BCUT2D eigenvalue weighted by Gasteiger charge is -2.27. The molecule has 1 amide bonds. The van der Waals surface area contributed by atoms with Crippen molar-refractivity contribution in [1.82, 2.24) is 5.32 Å². The highest BCUT2D eigenvalue weighted by Gasteiger charge is 2.24. The molecule has 1 N–H and O–H groups in total. The van der Waals surface area contributed by atoms with Crippen LogP contribution in [0.4, 0.5) is 0 Å². The summed E-state index contributed by atoms with van der Waals surface area (Å²) in [6, 6.07) is 12.3. The van der Waals surface area contributed by atoms with Crippen molar-refractivity contribution in [2.45, 2.75) is 38.6 Å². The highest BCUT2D eigenvalue weighted by atomic mass is 16.6. The van der Waals surface area contributed by atoms with E-state index in [4.69, 9.17) is 9.47 Å². The molecule has 2 aromatic rings. The molecule has 1 fully saturated rings. The Bertz CT molecular complexity index is 884. The Labute approximate surface area is 165 Å². The minimum atomic E-state index is -0.194. The van der Waals surface area contributed by atoms with Crippen LogP contribution in [0.2, 0.25) is 0 Å². The van der Waals surface area contributed by atoms with Gasteiger partial charge in [0.25, 0.3) is 5.91 Å². The van der Waals surface area contributed by atoms with E-state index in [0.29, 0.717) is 41.4 Å². The monoisotopic (exact) mass is 379 g/mol. The van der Waals surface area contributed by atoms with E-state index in [1.807, 2.05) is 0 Å². The van der Waals surface area contributed by atoms with Crippen molar-refractivity contribution < 1.29 is 19.1 Å². The number of ketones is 1. The fraction of sp³-hybridized carbons (Fsp3) is 0.391. The summed E-state index contributed by atoms with van der Waals surface area (Å²) in [5, 5.41) is 3.12. The van der Waals surface area contributed by atoms with Gasteiger partial charge in [0.15, 0.2) is 17.3 Å². The maximum absolute atomic E-state index is 13.1. The van der Waals surface area contributed by atoms with E-state index >= 15 is 0 Å². The highest BCUT2D eigenvalue weighted by molar-refractivity contribution is 6.15. The lowest BCUT2D eigenvalue weighted by atomic mass is 9.87. The summed E-state index contributed by atoms with van der Waals surface area (Å²) >= 11 is 0. The molecule has 1 aliphatic carbocycles. The van der Waals surface area contributed by atoms with Crippen molar-refractivity contribution in [2.24, 2.45) is 5.92 Å². The molecule has 0 spiro atoms. The van der Waals surface area contributed by atoms with Gasteiger partial charge in [0.1, 0.15) is 13.2 Å². The van der Waals surface area contributed by atoms with Crippen molar-refractivity contribution >= 4 is 11.7 Å². The molecule has 1 aliphatic heterocycles. The molecule has 2 aliphatic rings. The van der Waals surface area contributed by atoms with Crippen LogP contribution in [-0.2, 0) is 0 Å². The molecule has 2 aromatic carbocycles. The van der Waals surface area contributed by atoms with Gasteiger partial charge in [-0.3, -0.25) is 9.59 Å². The van der Waals surface area contributed by atoms with Gasteiger partial charge in [0, 0.05) is 17.2 Å². The topological polar surface area (TPSA) is 64.6 Å². The normalized spacial score (nSPS) is 21.0. The molecule has 0 unspecified atom stereocenters. The van der Waals surface area contributed by atoms with E-state index < -0.39 is 0 Å². The van der Waals surface area contributed by atoms with Gasteiger partial charge in [0.2, 0.25) is 0 Å². The molecule has 146 valence electrons. The first-order valence-electron chi connectivity index (χ1n) is 9.96. The second-order valence-corrected chi connectivity index (χ2v) is 7.66. The van der Waals surface area contributed by atoms with Crippen molar-refractivity contribution in [2.75, 3.05) is 13.2 Å². The SMILES string of the molecule is CC1CCC(NC(=O)c2ccccc2C(=O)c2ccc3c(c2)OCCO3)CC1. The maximum atomic E-state index is 13.1. The van der Waals surface area contributed by atoms with Crippen molar-refractivity contribution in [3.05, 3.63) is 59.2 Å². The van der Waals surface area contributed by atoms with Gasteiger partial charge >= 0.3 is 0 Å². The zero-order valence-corrected chi connectivity index (χ0v) is 16.1. The molecule has 5 nitrogen and oxygen atoms in total. The number of hydrogen-bond acceptors (Lipinski definition) is 4. The van der Waals surface area contributed by atoms with Crippen LogP contribution in [0, 0.1) is 5.92 Å². The number of rotatable bonds is 4. The fourth-order valence-corrected chi connectivity index (χ4v) is 3.89. The minimum absolute atomic E-state index is 0.180. The van der Waals surface area contributed by atoms with Gasteiger partial charge in [-0.15, -0.1) is 0 Å². The van der Waals surface area contributed by atoms with Gasteiger partial charge in [-0.1, -0.05) is 25.1 Å². The van der Waals surface area contributed by atoms with Crippen LogP contribution in [0.1, 0.15) is 58.9 Å². The molecule has 1 heterocycles. The van der Waals surface area contributed by atoms with Gasteiger partial charge in [-0.2, -0.15) is 0 Å². The van der Waals surface area contributed by atoms with Gasteiger partial charge in [-0.25, -0.2) is 0 Å². The zero-order chi connectivity index (χ0) is 19.5. The van der Waals surface area contributed by atoms with Crippen LogP contribution in [0.5, 0.6) is 11.5 Å². The molecule has 0 atom stereocenters. The Morgan fingerprint density at radius 1 is 0.893 bits per heavy atom. The quantitative estimate of drug-likeness (QED) is 0.816. The van der Waals surface area contributed by atoms with E-state index in [0.717, 1.165) is 31.6 Å². The van der Waals surface area contributed by atoms with E-state index in [1.54, 1.807) is 42.5 Å². The van der Waals surface area contributed by atoms with E-state index in [2.05, 4.69) is 12.2 Å². The average Bonchev–Trinajstić information content (AvgIpc) is 2.74. The lowest BCUT2D eigenvalue weighted by Crippen LogP contribution is -2.38. The van der Waals surface area contributed by atoms with Crippen LogP contribution in [0.15, 0.2) is 42.5 Å². The smallest absolute Gasteiger partial charge is 0.252 e. The molecule has 0 saturated heterocycles. The Kier molecular flexibility index (Phi) is 5.33. The summed E-state index contributed by atoms with van der Waals surface area (Å²) in [7, 11) is 0. The molecule has 0 radical (unpaired) electrons. The van der Waals surface area contributed by atoms with E-state index in [9.17, 15) is 9.59 Å². The molecule has 5 heteroatoms.